The fraction of sp³-hybridized carbons (Fsp3) is 0.250. The lowest BCUT2D eigenvalue weighted by atomic mass is 10.2. The van der Waals surface area contributed by atoms with Gasteiger partial charge in [0.2, 0.25) is 0 Å². The number of nitrogens with zero attached hydrogens (tertiary/aromatic N) is 1. The molecule has 0 bridgehead atoms. The van der Waals surface area contributed by atoms with Crippen LogP contribution in [0, 0.1) is 17.0 Å². The van der Waals surface area contributed by atoms with Crippen molar-refractivity contribution in [1.82, 2.24) is 0 Å². The Morgan fingerprint density at radius 2 is 1.76 bits per heavy atom. The fourth-order valence-corrected chi connectivity index (χ4v) is 6.42. The summed E-state index contributed by atoms with van der Waals surface area (Å²) in [5, 5.41) is 10.9. The quantitative estimate of drug-likeness (QED) is 0.425. The van der Waals surface area contributed by atoms with E-state index in [0.29, 0.717) is 10.1 Å². The predicted molar refractivity (Wildman–Crippen MR) is 99.7 cm³/mol. The number of nitro benzene ring substituents is 1. The summed E-state index contributed by atoms with van der Waals surface area (Å²) in [5.41, 5.74) is 1.21. The number of aryl methyl sites for hydroxylation is 1. The van der Waals surface area contributed by atoms with Crippen LogP contribution in [0.5, 0.6) is 5.75 Å². The van der Waals surface area contributed by atoms with Crippen LogP contribution in [0.1, 0.15) is 15.7 Å². The van der Waals surface area contributed by atoms with Crippen molar-refractivity contribution in [1.29, 1.82) is 0 Å². The monoisotopic (exact) mass is 397 g/mol. The third kappa shape index (κ3) is 4.10. The van der Waals surface area contributed by atoms with E-state index in [0.717, 1.165) is 23.1 Å². The first kappa shape index (κ1) is 18.1. The van der Waals surface area contributed by atoms with Gasteiger partial charge in [0.05, 0.1) is 9.51 Å². The van der Waals surface area contributed by atoms with Gasteiger partial charge in [-0.05, 0) is 30.2 Å². The van der Waals surface area contributed by atoms with Crippen LogP contribution < -0.4 is 4.18 Å². The van der Waals surface area contributed by atoms with Crippen LogP contribution in [0.25, 0.3) is 0 Å². The highest BCUT2D eigenvalue weighted by Crippen LogP contribution is 2.45. The van der Waals surface area contributed by atoms with Gasteiger partial charge in [-0.25, -0.2) is 0 Å². The standard InChI is InChI=1S/C16H15NO5S3/c1-11-2-5-13(17(18)19)10-15(11)25(20,21)22-14-6-3-12(4-7-14)16-23-8-9-24-16/h2-7,10,16H,8-9H2,1H3. The number of thioether (sulfide) groups is 2. The van der Waals surface area contributed by atoms with Crippen LogP contribution in [-0.2, 0) is 10.1 Å². The molecule has 0 unspecified atom stereocenters. The van der Waals surface area contributed by atoms with Crippen molar-refractivity contribution >= 4 is 39.3 Å². The van der Waals surface area contributed by atoms with Crippen molar-refractivity contribution in [3.63, 3.8) is 0 Å². The molecule has 1 aliphatic heterocycles. The van der Waals surface area contributed by atoms with E-state index in [4.69, 9.17) is 4.18 Å². The molecule has 0 atom stereocenters. The van der Waals surface area contributed by atoms with E-state index in [1.807, 2.05) is 35.7 Å². The molecule has 0 radical (unpaired) electrons. The molecule has 2 aromatic carbocycles. The summed E-state index contributed by atoms with van der Waals surface area (Å²) >= 11 is 3.72. The van der Waals surface area contributed by atoms with Crippen LogP contribution in [0.4, 0.5) is 5.69 Å². The van der Waals surface area contributed by atoms with Crippen molar-refractivity contribution in [2.75, 3.05) is 11.5 Å². The molecular formula is C16H15NO5S3. The molecule has 9 heteroatoms. The molecule has 1 fully saturated rings. The highest BCUT2D eigenvalue weighted by atomic mass is 32.2. The molecule has 1 aliphatic rings. The minimum atomic E-state index is -4.15. The number of rotatable bonds is 5. The van der Waals surface area contributed by atoms with Gasteiger partial charge < -0.3 is 4.18 Å². The van der Waals surface area contributed by atoms with Crippen molar-refractivity contribution in [2.24, 2.45) is 0 Å². The zero-order valence-corrected chi connectivity index (χ0v) is 15.7. The van der Waals surface area contributed by atoms with Crippen LogP contribution in [0.15, 0.2) is 47.4 Å². The Morgan fingerprint density at radius 3 is 2.36 bits per heavy atom. The first-order valence-electron chi connectivity index (χ1n) is 7.39. The molecule has 2 aromatic rings. The van der Waals surface area contributed by atoms with Crippen LogP contribution in [-0.4, -0.2) is 24.8 Å². The summed E-state index contributed by atoms with van der Waals surface area (Å²) in [4.78, 5) is 10.0. The van der Waals surface area contributed by atoms with E-state index in [9.17, 15) is 18.5 Å². The topological polar surface area (TPSA) is 86.5 Å². The molecule has 1 heterocycles. The average Bonchev–Trinajstić information content (AvgIpc) is 3.09. The summed E-state index contributed by atoms with van der Waals surface area (Å²) in [6.07, 6.45) is 0. The molecule has 6 nitrogen and oxygen atoms in total. The number of hydrogen-bond acceptors (Lipinski definition) is 7. The van der Waals surface area contributed by atoms with Crippen molar-refractivity contribution < 1.29 is 17.5 Å². The van der Waals surface area contributed by atoms with Gasteiger partial charge in [-0.2, -0.15) is 8.42 Å². The molecule has 0 saturated carbocycles. The van der Waals surface area contributed by atoms with Gasteiger partial charge in [-0.1, -0.05) is 18.2 Å². The molecule has 0 amide bonds. The normalized spacial score (nSPS) is 15.2. The Hall–Kier alpha value is -1.71. The Balaban J connectivity index is 1.84. The summed E-state index contributed by atoms with van der Waals surface area (Å²) in [6, 6.07) is 10.6. The zero-order valence-electron chi connectivity index (χ0n) is 13.2. The lowest BCUT2D eigenvalue weighted by Gasteiger charge is -2.11. The Labute approximate surface area is 154 Å². The highest BCUT2D eigenvalue weighted by Gasteiger charge is 2.23. The molecule has 0 spiro atoms. The summed E-state index contributed by atoms with van der Waals surface area (Å²) in [6.45, 7) is 1.57. The van der Waals surface area contributed by atoms with Crippen LogP contribution in [0.2, 0.25) is 0 Å². The lowest BCUT2D eigenvalue weighted by Crippen LogP contribution is -2.11. The molecule has 0 aromatic heterocycles. The Morgan fingerprint density at radius 1 is 1.12 bits per heavy atom. The van der Waals surface area contributed by atoms with Gasteiger partial charge in [0.25, 0.3) is 5.69 Å². The van der Waals surface area contributed by atoms with E-state index < -0.39 is 15.0 Å². The minimum Gasteiger partial charge on any atom is -0.379 e. The van der Waals surface area contributed by atoms with Crippen molar-refractivity contribution in [3.8, 4) is 5.75 Å². The second kappa shape index (κ2) is 7.27. The summed E-state index contributed by atoms with van der Waals surface area (Å²) in [5.74, 6) is 2.39. The maximum absolute atomic E-state index is 12.5. The summed E-state index contributed by atoms with van der Waals surface area (Å²) < 4.78 is 30.5. The van der Waals surface area contributed by atoms with Crippen LogP contribution >= 0.6 is 23.5 Å². The third-order valence-corrected chi connectivity index (χ3v) is 8.13. The SMILES string of the molecule is Cc1ccc([N+](=O)[O-])cc1S(=O)(=O)Oc1ccc(C2SCCS2)cc1. The number of hydrogen-bond donors (Lipinski definition) is 0. The molecule has 3 rings (SSSR count). The van der Waals surface area contributed by atoms with Gasteiger partial charge in [0.1, 0.15) is 10.6 Å². The van der Waals surface area contributed by atoms with E-state index in [1.54, 1.807) is 19.1 Å². The Kier molecular flexibility index (Phi) is 5.26. The first-order valence-corrected chi connectivity index (χ1v) is 10.9. The fourth-order valence-electron chi connectivity index (χ4n) is 2.37. The van der Waals surface area contributed by atoms with E-state index in [1.165, 1.54) is 12.1 Å². The average molecular weight is 397 g/mol. The Bertz CT molecular complexity index is 890. The van der Waals surface area contributed by atoms with E-state index >= 15 is 0 Å². The van der Waals surface area contributed by atoms with Gasteiger partial charge in [0, 0.05) is 23.6 Å². The molecule has 0 N–H and O–H groups in total. The molecule has 132 valence electrons. The second-order valence-electron chi connectivity index (χ2n) is 5.39. The maximum Gasteiger partial charge on any atom is 0.339 e. The molecule has 1 saturated heterocycles. The zero-order chi connectivity index (χ0) is 18.0. The smallest absolute Gasteiger partial charge is 0.339 e. The van der Waals surface area contributed by atoms with Crippen molar-refractivity contribution in [3.05, 3.63) is 63.7 Å². The lowest BCUT2D eigenvalue weighted by molar-refractivity contribution is -0.385. The van der Waals surface area contributed by atoms with Gasteiger partial charge in [0.15, 0.2) is 0 Å². The van der Waals surface area contributed by atoms with E-state index in [2.05, 4.69) is 0 Å². The highest BCUT2D eigenvalue weighted by molar-refractivity contribution is 8.19. The van der Waals surface area contributed by atoms with Crippen molar-refractivity contribution in [2.45, 2.75) is 16.4 Å². The maximum atomic E-state index is 12.5. The van der Waals surface area contributed by atoms with E-state index in [-0.39, 0.29) is 16.3 Å². The predicted octanol–water partition coefficient (Wildman–Crippen LogP) is 4.15. The van der Waals surface area contributed by atoms with Gasteiger partial charge in [-0.3, -0.25) is 10.1 Å². The minimum absolute atomic E-state index is 0.183. The van der Waals surface area contributed by atoms with Gasteiger partial charge in [-0.15, -0.1) is 23.5 Å². The van der Waals surface area contributed by atoms with Crippen LogP contribution in [0.3, 0.4) is 0 Å². The first-order chi connectivity index (χ1) is 11.9. The molecule has 25 heavy (non-hydrogen) atoms. The number of non-ortho nitro benzene ring substituents is 1. The summed E-state index contributed by atoms with van der Waals surface area (Å²) in [7, 11) is -4.15. The van der Waals surface area contributed by atoms with Gasteiger partial charge >= 0.3 is 10.1 Å². The second-order valence-corrected chi connectivity index (χ2v) is 9.63. The number of nitro groups is 1. The largest absolute Gasteiger partial charge is 0.379 e. The molecular weight excluding hydrogens is 382 g/mol. The number of benzene rings is 2. The molecule has 0 aliphatic carbocycles. The third-order valence-electron chi connectivity index (χ3n) is 3.63.